The molecule has 2 unspecified atom stereocenters. The van der Waals surface area contributed by atoms with E-state index in [1.807, 2.05) is 60.4 Å². The minimum Gasteiger partial charge on any atom is -0.616 e. The van der Waals surface area contributed by atoms with Crippen molar-refractivity contribution in [2.45, 2.75) is 64.0 Å². The minimum absolute atomic E-state index is 0.191. The van der Waals surface area contributed by atoms with Gasteiger partial charge in [-0.15, -0.1) is 0 Å². The maximum Gasteiger partial charge on any atom is 0.231 e. The summed E-state index contributed by atoms with van der Waals surface area (Å²) in [5.74, 6) is 2.45. The van der Waals surface area contributed by atoms with Crippen LogP contribution in [0.25, 0.3) is 0 Å². The first-order valence-corrected chi connectivity index (χ1v) is 12.1. The van der Waals surface area contributed by atoms with Gasteiger partial charge in [0, 0.05) is 18.6 Å². The summed E-state index contributed by atoms with van der Waals surface area (Å²) in [6.45, 7) is 4.61. The number of fused-ring (bicyclic) bond motifs is 1. The number of pyridine rings is 1. The molecule has 1 aromatic carbocycles. The topological polar surface area (TPSA) is 45.4 Å². The van der Waals surface area contributed by atoms with Crippen molar-refractivity contribution in [3.8, 4) is 11.5 Å². The van der Waals surface area contributed by atoms with Gasteiger partial charge >= 0.3 is 0 Å². The van der Waals surface area contributed by atoms with Gasteiger partial charge in [-0.3, -0.25) is 0 Å². The lowest BCUT2D eigenvalue weighted by atomic mass is 10.1. The van der Waals surface area contributed by atoms with E-state index < -0.39 is 11.2 Å². The fourth-order valence-electron chi connectivity index (χ4n) is 3.20. The maximum atomic E-state index is 12.3. The number of hydrogen-bond donors (Lipinski definition) is 0. The standard InChI is InChI=1S/C18H28O3S.C6H8N/c1-3-4-5-6-7-8-11-22(19)15(2)12-16-9-10-17-18(13-16)21-14-20-17;1-7-5-3-2-4-6-7/h9-10,13,15H,3-8,11-12,14H2,1-2H3;2-6H,1H3/q;+1. The van der Waals surface area contributed by atoms with Gasteiger partial charge in [-0.1, -0.05) is 55.9 Å². The summed E-state index contributed by atoms with van der Waals surface area (Å²) in [4.78, 5) is 0. The molecule has 1 aliphatic heterocycles. The Labute approximate surface area is 179 Å². The number of benzene rings is 1. The van der Waals surface area contributed by atoms with Crippen LogP contribution in [0, 0.1) is 0 Å². The lowest BCUT2D eigenvalue weighted by Crippen LogP contribution is -2.25. The van der Waals surface area contributed by atoms with Gasteiger partial charge in [0.05, 0.1) is 0 Å². The van der Waals surface area contributed by atoms with Crippen LogP contribution in [0.2, 0.25) is 0 Å². The molecule has 29 heavy (non-hydrogen) atoms. The van der Waals surface area contributed by atoms with Crippen LogP contribution >= 0.6 is 0 Å². The van der Waals surface area contributed by atoms with Crippen molar-refractivity contribution in [1.29, 1.82) is 0 Å². The molecular weight excluding hydrogens is 382 g/mol. The van der Waals surface area contributed by atoms with Crippen molar-refractivity contribution >= 4 is 11.2 Å². The highest BCUT2D eigenvalue weighted by Crippen LogP contribution is 2.33. The largest absolute Gasteiger partial charge is 0.616 e. The zero-order valence-corrected chi connectivity index (χ0v) is 19.0. The van der Waals surface area contributed by atoms with Gasteiger partial charge in [-0.2, -0.15) is 0 Å². The molecule has 0 bridgehead atoms. The van der Waals surface area contributed by atoms with Gasteiger partial charge in [-0.05, 0) is 37.5 Å². The zero-order valence-electron chi connectivity index (χ0n) is 18.1. The summed E-state index contributed by atoms with van der Waals surface area (Å²) < 4.78 is 25.0. The molecule has 0 amide bonds. The maximum absolute atomic E-state index is 12.3. The molecule has 4 nitrogen and oxygen atoms in total. The van der Waals surface area contributed by atoms with Crippen LogP contribution < -0.4 is 14.0 Å². The van der Waals surface area contributed by atoms with Gasteiger partial charge in [0.25, 0.3) is 0 Å². The first-order valence-electron chi connectivity index (χ1n) is 10.8. The van der Waals surface area contributed by atoms with Crippen LogP contribution in [0.5, 0.6) is 11.5 Å². The molecule has 0 saturated heterocycles. The van der Waals surface area contributed by atoms with E-state index in [0.717, 1.165) is 30.1 Å². The molecule has 0 spiro atoms. The third kappa shape index (κ3) is 9.09. The Morgan fingerprint density at radius 2 is 1.69 bits per heavy atom. The van der Waals surface area contributed by atoms with E-state index in [-0.39, 0.29) is 5.25 Å². The molecule has 2 aromatic rings. The molecule has 1 aromatic heterocycles. The lowest BCUT2D eigenvalue weighted by molar-refractivity contribution is -0.671. The molecule has 0 fully saturated rings. The van der Waals surface area contributed by atoms with Crippen LogP contribution in [-0.4, -0.2) is 22.3 Å². The summed E-state index contributed by atoms with van der Waals surface area (Å²) >= 11 is -0.743. The fraction of sp³-hybridized carbons (Fsp3) is 0.542. The molecule has 0 saturated carbocycles. The molecule has 5 heteroatoms. The third-order valence-electron chi connectivity index (χ3n) is 4.97. The highest BCUT2D eigenvalue weighted by molar-refractivity contribution is 7.91. The second kappa shape index (κ2) is 13.5. The molecule has 0 radical (unpaired) electrons. The second-order valence-electron chi connectivity index (χ2n) is 7.60. The number of aromatic nitrogens is 1. The van der Waals surface area contributed by atoms with Crippen molar-refractivity contribution in [2.75, 3.05) is 12.5 Å². The Hall–Kier alpha value is -1.72. The van der Waals surface area contributed by atoms with Crippen LogP contribution in [0.3, 0.4) is 0 Å². The van der Waals surface area contributed by atoms with E-state index in [9.17, 15) is 4.55 Å². The Bertz CT molecular complexity index is 696. The summed E-state index contributed by atoms with van der Waals surface area (Å²) in [7, 11) is 2.00. The molecule has 2 heterocycles. The van der Waals surface area contributed by atoms with Crippen molar-refractivity contribution in [1.82, 2.24) is 0 Å². The smallest absolute Gasteiger partial charge is 0.231 e. The molecular formula is C24H36NO3S+. The normalized spacial score (nSPS) is 14.1. The van der Waals surface area contributed by atoms with Gasteiger partial charge in [0.2, 0.25) is 6.79 Å². The highest BCUT2D eigenvalue weighted by Gasteiger charge is 2.19. The average molecular weight is 419 g/mol. The first-order chi connectivity index (χ1) is 14.1. The van der Waals surface area contributed by atoms with Gasteiger partial charge in [0.15, 0.2) is 23.9 Å². The van der Waals surface area contributed by atoms with Crippen molar-refractivity contribution in [3.05, 3.63) is 54.4 Å². The Kier molecular flexibility index (Phi) is 11.0. The number of ether oxygens (including phenoxy) is 2. The first kappa shape index (κ1) is 23.6. The molecule has 0 aliphatic carbocycles. The monoisotopic (exact) mass is 418 g/mol. The third-order valence-corrected chi connectivity index (χ3v) is 6.73. The number of rotatable bonds is 10. The summed E-state index contributed by atoms with van der Waals surface area (Å²) in [6.07, 6.45) is 12.3. The molecule has 1 aliphatic rings. The zero-order chi connectivity index (χ0) is 20.9. The molecule has 0 N–H and O–H groups in total. The van der Waals surface area contributed by atoms with Gasteiger partial charge < -0.3 is 14.0 Å². The van der Waals surface area contributed by atoms with E-state index in [0.29, 0.717) is 6.79 Å². The number of aryl methyl sites for hydroxylation is 1. The van der Waals surface area contributed by atoms with E-state index >= 15 is 0 Å². The fourth-order valence-corrected chi connectivity index (χ4v) is 4.47. The Morgan fingerprint density at radius 1 is 1.00 bits per heavy atom. The summed E-state index contributed by atoms with van der Waals surface area (Å²) in [5.41, 5.74) is 1.17. The average Bonchev–Trinajstić information content (AvgIpc) is 3.19. The highest BCUT2D eigenvalue weighted by atomic mass is 32.2. The molecule has 3 rings (SSSR count). The van der Waals surface area contributed by atoms with E-state index in [1.54, 1.807) is 0 Å². The van der Waals surface area contributed by atoms with E-state index in [1.165, 1.54) is 37.7 Å². The van der Waals surface area contributed by atoms with Crippen molar-refractivity contribution < 1.29 is 18.6 Å². The SMILES string of the molecule is CCCCCCCC[S+]([O-])C(C)Cc1ccc2c(c1)OCO2.C[n+]1ccccc1. The summed E-state index contributed by atoms with van der Waals surface area (Å²) in [5, 5.41) is 0.191. The van der Waals surface area contributed by atoms with Crippen molar-refractivity contribution in [2.24, 2.45) is 7.05 Å². The second-order valence-corrected chi connectivity index (χ2v) is 9.57. The quantitative estimate of drug-likeness (QED) is 0.311. The van der Waals surface area contributed by atoms with E-state index in [4.69, 9.17) is 9.47 Å². The summed E-state index contributed by atoms with van der Waals surface area (Å²) in [6, 6.07) is 12.0. The molecule has 160 valence electrons. The Balaban J connectivity index is 0.000000360. The number of unbranched alkanes of at least 4 members (excludes halogenated alkanes) is 5. The Morgan fingerprint density at radius 3 is 2.38 bits per heavy atom. The predicted molar refractivity (Wildman–Crippen MR) is 120 cm³/mol. The number of nitrogens with zero attached hydrogens (tertiary/aromatic N) is 1. The predicted octanol–water partition coefficient (Wildman–Crippen LogP) is 4.97. The number of hydrogen-bond acceptors (Lipinski definition) is 3. The van der Waals surface area contributed by atoms with Crippen molar-refractivity contribution in [3.63, 3.8) is 0 Å². The van der Waals surface area contributed by atoms with Crippen LogP contribution in [-0.2, 0) is 24.6 Å². The van der Waals surface area contributed by atoms with Gasteiger partial charge in [0.1, 0.15) is 18.1 Å². The van der Waals surface area contributed by atoms with E-state index in [2.05, 4.69) is 13.8 Å². The molecule has 2 atom stereocenters. The lowest BCUT2D eigenvalue weighted by Gasteiger charge is -2.18. The van der Waals surface area contributed by atoms with Crippen LogP contribution in [0.4, 0.5) is 0 Å². The van der Waals surface area contributed by atoms with Crippen LogP contribution in [0.15, 0.2) is 48.8 Å². The van der Waals surface area contributed by atoms with Crippen LogP contribution in [0.1, 0.15) is 57.9 Å². The van der Waals surface area contributed by atoms with Gasteiger partial charge in [-0.25, -0.2) is 4.57 Å². The minimum atomic E-state index is -0.743.